The van der Waals surface area contributed by atoms with Crippen LogP contribution in [0.5, 0.6) is 0 Å². The predicted octanol–water partition coefficient (Wildman–Crippen LogP) is 4.41. The molecule has 1 fully saturated rings. The average Bonchev–Trinajstić information content (AvgIpc) is 2.74. The summed E-state index contributed by atoms with van der Waals surface area (Å²) in [5, 5.41) is 12.8. The highest BCUT2D eigenvalue weighted by atomic mass is 35.5. The van der Waals surface area contributed by atoms with Crippen molar-refractivity contribution in [2.75, 3.05) is 26.2 Å². The number of aromatic nitrogens is 1. The lowest BCUT2D eigenvalue weighted by Gasteiger charge is -2.35. The van der Waals surface area contributed by atoms with E-state index in [-0.39, 0.29) is 16.5 Å². The quantitative estimate of drug-likeness (QED) is 0.439. The molecule has 2 aromatic carbocycles. The molecule has 0 N–H and O–H groups in total. The van der Waals surface area contributed by atoms with Crippen LogP contribution < -0.4 is 0 Å². The highest BCUT2D eigenvalue weighted by Gasteiger charge is 2.26. The van der Waals surface area contributed by atoms with Gasteiger partial charge in [0.25, 0.3) is 11.6 Å². The summed E-state index contributed by atoms with van der Waals surface area (Å²) in [5.74, 6) is -0.175. The predicted molar refractivity (Wildman–Crippen MR) is 116 cm³/mol. The molecule has 0 unspecified atom stereocenters. The van der Waals surface area contributed by atoms with Gasteiger partial charge in [-0.1, -0.05) is 47.5 Å². The Balaban J connectivity index is 1.49. The van der Waals surface area contributed by atoms with Crippen LogP contribution in [0.3, 0.4) is 0 Å². The van der Waals surface area contributed by atoms with E-state index in [9.17, 15) is 14.9 Å². The molecule has 0 atom stereocenters. The molecule has 1 amide bonds. The number of amides is 1. The lowest BCUT2D eigenvalue weighted by molar-refractivity contribution is -0.385. The Labute approximate surface area is 183 Å². The second-order valence-corrected chi connectivity index (χ2v) is 7.95. The molecule has 1 aliphatic rings. The van der Waals surface area contributed by atoms with Gasteiger partial charge in [-0.25, -0.2) is 0 Å². The topological polar surface area (TPSA) is 79.6 Å². The van der Waals surface area contributed by atoms with Crippen LogP contribution in [0, 0.1) is 10.1 Å². The maximum atomic E-state index is 13.2. The molecular weight excluding hydrogens is 427 g/mol. The molecule has 2 heterocycles. The number of hydrogen-bond donors (Lipinski definition) is 0. The zero-order valence-electron chi connectivity index (χ0n) is 15.9. The fraction of sp³-hybridized carbons (Fsp3) is 0.238. The van der Waals surface area contributed by atoms with Crippen molar-refractivity contribution in [1.82, 2.24) is 14.8 Å². The van der Waals surface area contributed by atoms with Gasteiger partial charge >= 0.3 is 0 Å². The van der Waals surface area contributed by atoms with Crippen molar-refractivity contribution in [3.63, 3.8) is 0 Å². The Morgan fingerprint density at radius 3 is 2.57 bits per heavy atom. The third-order valence-corrected chi connectivity index (χ3v) is 5.75. The van der Waals surface area contributed by atoms with E-state index in [0.29, 0.717) is 59.4 Å². The molecule has 1 aromatic heterocycles. The fourth-order valence-electron chi connectivity index (χ4n) is 3.68. The van der Waals surface area contributed by atoms with Crippen molar-refractivity contribution < 1.29 is 9.72 Å². The summed E-state index contributed by atoms with van der Waals surface area (Å²) in [4.78, 5) is 32.2. The zero-order valence-corrected chi connectivity index (χ0v) is 17.4. The van der Waals surface area contributed by atoms with Gasteiger partial charge in [0, 0.05) is 55.9 Å². The lowest BCUT2D eigenvalue weighted by Crippen LogP contribution is -2.48. The van der Waals surface area contributed by atoms with Crippen LogP contribution >= 0.6 is 23.2 Å². The summed E-state index contributed by atoms with van der Waals surface area (Å²) in [6, 6.07) is 12.0. The largest absolute Gasteiger partial charge is 0.336 e. The van der Waals surface area contributed by atoms with E-state index in [1.54, 1.807) is 41.3 Å². The molecule has 154 valence electrons. The minimum Gasteiger partial charge on any atom is -0.336 e. The van der Waals surface area contributed by atoms with Gasteiger partial charge in [0.15, 0.2) is 0 Å². The number of nitrogens with zero attached hydrogens (tertiary/aromatic N) is 4. The Bertz CT molecular complexity index is 1130. The third kappa shape index (κ3) is 4.09. The minimum atomic E-state index is -0.364. The number of halogens is 2. The van der Waals surface area contributed by atoms with E-state index in [1.165, 1.54) is 12.3 Å². The Morgan fingerprint density at radius 2 is 1.83 bits per heavy atom. The van der Waals surface area contributed by atoms with Crippen LogP contribution in [0.2, 0.25) is 10.0 Å². The van der Waals surface area contributed by atoms with E-state index in [2.05, 4.69) is 9.88 Å². The van der Waals surface area contributed by atoms with Crippen molar-refractivity contribution in [2.24, 2.45) is 0 Å². The van der Waals surface area contributed by atoms with Gasteiger partial charge in [0.1, 0.15) is 0 Å². The molecular formula is C21H18Cl2N4O3. The van der Waals surface area contributed by atoms with Gasteiger partial charge in [-0.15, -0.1) is 0 Å². The number of benzene rings is 2. The zero-order chi connectivity index (χ0) is 21.3. The van der Waals surface area contributed by atoms with Crippen LogP contribution in [0.15, 0.2) is 48.7 Å². The maximum Gasteiger partial charge on any atom is 0.273 e. The van der Waals surface area contributed by atoms with Crippen molar-refractivity contribution in [3.8, 4) is 0 Å². The SMILES string of the molecule is O=C(c1c(Cl)ccc2cc(Cl)cnc12)N1CCN(Cc2ccccc2[N+](=O)[O-])CC1. The van der Waals surface area contributed by atoms with Gasteiger partial charge in [-0.05, 0) is 12.1 Å². The molecule has 3 aromatic rings. The van der Waals surface area contributed by atoms with Crippen molar-refractivity contribution >= 4 is 45.7 Å². The van der Waals surface area contributed by atoms with E-state index in [4.69, 9.17) is 23.2 Å². The van der Waals surface area contributed by atoms with Crippen molar-refractivity contribution in [2.45, 2.75) is 6.54 Å². The van der Waals surface area contributed by atoms with E-state index >= 15 is 0 Å². The average molecular weight is 445 g/mol. The van der Waals surface area contributed by atoms with Crippen LogP contribution in [0.1, 0.15) is 15.9 Å². The Hall–Kier alpha value is -2.74. The third-order valence-electron chi connectivity index (χ3n) is 5.22. The highest BCUT2D eigenvalue weighted by molar-refractivity contribution is 6.36. The molecule has 7 nitrogen and oxygen atoms in total. The van der Waals surface area contributed by atoms with E-state index < -0.39 is 0 Å². The van der Waals surface area contributed by atoms with Crippen molar-refractivity contribution in [1.29, 1.82) is 0 Å². The molecule has 0 bridgehead atoms. The first kappa shape index (κ1) is 20.5. The summed E-state index contributed by atoms with van der Waals surface area (Å²) in [6.07, 6.45) is 1.50. The number of nitro groups is 1. The Morgan fingerprint density at radius 1 is 1.10 bits per heavy atom. The first-order valence-corrected chi connectivity index (χ1v) is 10.2. The van der Waals surface area contributed by atoms with Gasteiger partial charge in [0.05, 0.1) is 26.0 Å². The smallest absolute Gasteiger partial charge is 0.273 e. The monoisotopic (exact) mass is 444 g/mol. The summed E-state index contributed by atoms with van der Waals surface area (Å²) in [6.45, 7) is 2.69. The van der Waals surface area contributed by atoms with E-state index in [1.807, 2.05) is 0 Å². The number of hydrogen-bond acceptors (Lipinski definition) is 5. The normalized spacial score (nSPS) is 14.8. The van der Waals surface area contributed by atoms with Gasteiger partial charge in [-0.2, -0.15) is 0 Å². The van der Waals surface area contributed by atoms with Gasteiger partial charge < -0.3 is 4.90 Å². The number of para-hydroxylation sites is 1. The molecule has 0 saturated carbocycles. The number of piperazine rings is 1. The molecule has 0 spiro atoms. The molecule has 1 saturated heterocycles. The second kappa shape index (κ2) is 8.55. The standard InChI is InChI=1S/C21H18Cl2N4O3/c22-16-11-14-5-6-17(23)19(20(14)24-12-16)21(28)26-9-7-25(8-10-26)13-15-3-1-2-4-18(15)27(29)30/h1-6,11-12H,7-10,13H2. The second-order valence-electron chi connectivity index (χ2n) is 7.10. The number of nitro benzene ring substituents is 1. The first-order chi connectivity index (χ1) is 14.4. The Kier molecular flexibility index (Phi) is 5.85. The molecule has 0 aliphatic carbocycles. The summed E-state index contributed by atoms with van der Waals surface area (Å²) in [7, 11) is 0. The number of fused-ring (bicyclic) bond motifs is 1. The van der Waals surface area contributed by atoms with Crippen LogP contribution in [-0.4, -0.2) is 51.8 Å². The maximum absolute atomic E-state index is 13.2. The molecule has 9 heteroatoms. The van der Waals surface area contributed by atoms with Crippen LogP contribution in [0.25, 0.3) is 10.9 Å². The fourth-order valence-corrected chi connectivity index (χ4v) is 4.08. The molecule has 4 rings (SSSR count). The summed E-state index contributed by atoms with van der Waals surface area (Å²) >= 11 is 12.4. The van der Waals surface area contributed by atoms with E-state index in [0.717, 1.165) is 5.39 Å². The molecule has 1 aliphatic heterocycles. The van der Waals surface area contributed by atoms with Crippen LogP contribution in [-0.2, 0) is 6.54 Å². The molecule has 30 heavy (non-hydrogen) atoms. The van der Waals surface area contributed by atoms with Gasteiger partial charge in [-0.3, -0.25) is 24.8 Å². The molecule has 0 radical (unpaired) electrons. The summed E-state index contributed by atoms with van der Waals surface area (Å²) in [5.41, 5.74) is 1.68. The lowest BCUT2D eigenvalue weighted by atomic mass is 10.1. The highest BCUT2D eigenvalue weighted by Crippen LogP contribution is 2.28. The number of rotatable bonds is 4. The van der Waals surface area contributed by atoms with Crippen molar-refractivity contribution in [3.05, 3.63) is 79.9 Å². The summed E-state index contributed by atoms with van der Waals surface area (Å²) < 4.78 is 0. The number of pyridine rings is 1. The minimum absolute atomic E-state index is 0.114. The van der Waals surface area contributed by atoms with Crippen LogP contribution in [0.4, 0.5) is 5.69 Å². The first-order valence-electron chi connectivity index (χ1n) is 9.42. The number of carbonyl (C=O) groups is 1. The van der Waals surface area contributed by atoms with Gasteiger partial charge in [0.2, 0.25) is 0 Å². The number of carbonyl (C=O) groups excluding carboxylic acids is 1.